The number of hydrogen-bond acceptors (Lipinski definition) is 4. The summed E-state index contributed by atoms with van der Waals surface area (Å²) in [7, 11) is 0. The van der Waals surface area contributed by atoms with Crippen LogP contribution in [-0.2, 0) is 14.3 Å². The quantitative estimate of drug-likeness (QED) is 0.519. The third-order valence-electron chi connectivity index (χ3n) is 2.28. The molecule has 3 nitrogen and oxygen atoms in total. The van der Waals surface area contributed by atoms with E-state index in [0.29, 0.717) is 6.61 Å². The first-order chi connectivity index (χ1) is 6.77. The first-order valence-electron chi connectivity index (χ1n) is 5.05. The average molecular weight is 216 g/mol. The lowest BCUT2D eigenvalue weighted by Gasteiger charge is -2.16. The zero-order valence-electron chi connectivity index (χ0n) is 8.40. The van der Waals surface area contributed by atoms with E-state index in [1.807, 2.05) is 0 Å². The Balaban J connectivity index is 2.36. The summed E-state index contributed by atoms with van der Waals surface area (Å²) in [6.45, 7) is 2.14. The van der Waals surface area contributed by atoms with E-state index in [0.717, 1.165) is 12.8 Å². The lowest BCUT2D eigenvalue weighted by Crippen LogP contribution is -2.30. The molecule has 0 aliphatic heterocycles. The van der Waals surface area contributed by atoms with E-state index in [-0.39, 0.29) is 12.1 Å². The van der Waals surface area contributed by atoms with Gasteiger partial charge in [0, 0.05) is 5.37 Å². The molecule has 1 saturated carbocycles. The maximum absolute atomic E-state index is 11.3. The Bertz CT molecular complexity index is 200. The molecule has 0 heterocycles. The topological polar surface area (TPSA) is 35.5 Å². The number of carbonyl (C=O) groups is 1. The summed E-state index contributed by atoms with van der Waals surface area (Å²) in [5, 5.41) is 1.34. The average Bonchev–Trinajstić information content (AvgIpc) is 2.66. The number of hydrogen-bond donors (Lipinski definition) is 0. The van der Waals surface area contributed by atoms with Crippen molar-refractivity contribution in [3.05, 3.63) is 0 Å². The lowest BCUT2D eigenvalue weighted by atomic mass is 10.3. The summed E-state index contributed by atoms with van der Waals surface area (Å²) in [4.78, 5) is 11.3. The van der Waals surface area contributed by atoms with Crippen molar-refractivity contribution in [2.24, 2.45) is 0 Å². The van der Waals surface area contributed by atoms with Crippen LogP contribution in [-0.4, -0.2) is 30.2 Å². The fraction of sp³-hybridized carbons (Fsp3) is 0.800. The van der Waals surface area contributed by atoms with Gasteiger partial charge in [0.1, 0.15) is 0 Å². The van der Waals surface area contributed by atoms with Crippen LogP contribution in [0.15, 0.2) is 0 Å². The van der Waals surface area contributed by atoms with Crippen molar-refractivity contribution < 1.29 is 14.3 Å². The second-order valence-corrected chi connectivity index (χ2v) is 3.62. The second kappa shape index (κ2) is 6.09. The van der Waals surface area contributed by atoms with Gasteiger partial charge in [-0.1, -0.05) is 25.1 Å². The molecule has 0 aromatic heterocycles. The molecular weight excluding hydrogens is 200 g/mol. The molecule has 4 heteroatoms. The van der Waals surface area contributed by atoms with Gasteiger partial charge in [0.25, 0.3) is 0 Å². The fourth-order valence-electron chi connectivity index (χ4n) is 1.60. The molecule has 1 rings (SSSR count). The number of thiocarbonyl (C=S) groups is 1. The van der Waals surface area contributed by atoms with Crippen LogP contribution in [0.2, 0.25) is 0 Å². The van der Waals surface area contributed by atoms with Crippen LogP contribution < -0.4 is 0 Å². The van der Waals surface area contributed by atoms with Crippen LogP contribution in [0.1, 0.15) is 32.6 Å². The summed E-state index contributed by atoms with van der Waals surface area (Å²) < 4.78 is 10.4. The molecule has 1 aliphatic rings. The van der Waals surface area contributed by atoms with Crippen LogP contribution in [0.3, 0.4) is 0 Å². The summed E-state index contributed by atoms with van der Waals surface area (Å²) in [6.07, 6.45) is 3.93. The van der Waals surface area contributed by atoms with E-state index in [1.54, 1.807) is 6.92 Å². The monoisotopic (exact) mass is 216 g/mol. The Morgan fingerprint density at radius 2 is 2.21 bits per heavy atom. The predicted molar refractivity (Wildman–Crippen MR) is 57.4 cm³/mol. The van der Waals surface area contributed by atoms with E-state index in [1.165, 1.54) is 18.2 Å². The van der Waals surface area contributed by atoms with Gasteiger partial charge in [0.15, 0.2) is 6.10 Å². The predicted octanol–water partition coefficient (Wildman–Crippen LogP) is 1.88. The largest absolute Gasteiger partial charge is 0.464 e. The van der Waals surface area contributed by atoms with Crippen LogP contribution >= 0.6 is 12.2 Å². The van der Waals surface area contributed by atoms with Crippen LogP contribution in [0.4, 0.5) is 0 Å². The van der Waals surface area contributed by atoms with Crippen LogP contribution in [0, 0.1) is 0 Å². The van der Waals surface area contributed by atoms with Crippen molar-refractivity contribution in [2.75, 3.05) is 6.61 Å². The SMILES string of the molecule is CCOC(=O)C(C=S)OC1CCCC1. The zero-order chi connectivity index (χ0) is 10.4. The first-order valence-corrected chi connectivity index (χ1v) is 5.52. The van der Waals surface area contributed by atoms with Crippen molar-refractivity contribution in [1.82, 2.24) is 0 Å². The minimum absolute atomic E-state index is 0.184. The molecule has 1 unspecified atom stereocenters. The lowest BCUT2D eigenvalue weighted by molar-refractivity contribution is -0.154. The van der Waals surface area contributed by atoms with Crippen molar-refractivity contribution in [2.45, 2.75) is 44.8 Å². The van der Waals surface area contributed by atoms with Gasteiger partial charge in [-0.2, -0.15) is 0 Å². The van der Waals surface area contributed by atoms with Crippen molar-refractivity contribution in [3.8, 4) is 0 Å². The normalized spacial score (nSPS) is 19.2. The Hall–Kier alpha value is -0.480. The molecule has 0 aromatic rings. The van der Waals surface area contributed by atoms with Gasteiger partial charge >= 0.3 is 5.97 Å². The molecule has 1 aliphatic carbocycles. The molecule has 0 bridgehead atoms. The molecule has 0 amide bonds. The minimum atomic E-state index is -0.659. The Morgan fingerprint density at radius 1 is 1.57 bits per heavy atom. The Morgan fingerprint density at radius 3 is 2.71 bits per heavy atom. The third kappa shape index (κ3) is 3.35. The number of ether oxygens (including phenoxy) is 2. The third-order valence-corrected chi connectivity index (χ3v) is 2.53. The number of esters is 1. The Kier molecular flexibility index (Phi) is 5.04. The summed E-state index contributed by atoms with van der Waals surface area (Å²) in [5.74, 6) is -0.366. The highest BCUT2D eigenvalue weighted by Crippen LogP contribution is 2.22. The van der Waals surface area contributed by atoms with Crippen molar-refractivity contribution in [1.29, 1.82) is 0 Å². The van der Waals surface area contributed by atoms with Crippen molar-refractivity contribution in [3.63, 3.8) is 0 Å². The van der Waals surface area contributed by atoms with Gasteiger partial charge < -0.3 is 9.47 Å². The molecule has 1 fully saturated rings. The second-order valence-electron chi connectivity index (χ2n) is 3.35. The first kappa shape index (κ1) is 11.6. The smallest absolute Gasteiger partial charge is 0.340 e. The van der Waals surface area contributed by atoms with Crippen molar-refractivity contribution >= 4 is 23.6 Å². The van der Waals surface area contributed by atoms with Gasteiger partial charge in [0.2, 0.25) is 0 Å². The summed E-state index contributed by atoms with van der Waals surface area (Å²) in [6, 6.07) is 0. The van der Waals surface area contributed by atoms with E-state index >= 15 is 0 Å². The molecule has 80 valence electrons. The molecule has 0 saturated heterocycles. The highest BCUT2D eigenvalue weighted by atomic mass is 32.1. The zero-order valence-corrected chi connectivity index (χ0v) is 9.22. The molecule has 0 N–H and O–H groups in total. The van der Waals surface area contributed by atoms with E-state index in [4.69, 9.17) is 21.7 Å². The summed E-state index contributed by atoms with van der Waals surface area (Å²) >= 11 is 4.75. The molecule has 1 atom stereocenters. The van der Waals surface area contributed by atoms with Gasteiger partial charge in [-0.15, -0.1) is 0 Å². The number of rotatable bonds is 5. The molecule has 0 spiro atoms. The fourth-order valence-corrected chi connectivity index (χ4v) is 1.77. The number of carbonyl (C=O) groups excluding carboxylic acids is 1. The van der Waals surface area contributed by atoms with Gasteiger partial charge in [-0.05, 0) is 19.8 Å². The van der Waals surface area contributed by atoms with E-state index in [2.05, 4.69) is 0 Å². The highest BCUT2D eigenvalue weighted by molar-refractivity contribution is 7.79. The van der Waals surface area contributed by atoms with Crippen LogP contribution in [0.5, 0.6) is 0 Å². The highest BCUT2D eigenvalue weighted by Gasteiger charge is 2.24. The maximum Gasteiger partial charge on any atom is 0.340 e. The van der Waals surface area contributed by atoms with E-state index < -0.39 is 6.10 Å². The summed E-state index contributed by atoms with van der Waals surface area (Å²) in [5.41, 5.74) is 0. The van der Waals surface area contributed by atoms with Gasteiger partial charge in [-0.25, -0.2) is 4.79 Å². The molecule has 14 heavy (non-hydrogen) atoms. The minimum Gasteiger partial charge on any atom is -0.464 e. The Labute approximate surface area is 89.8 Å². The molecule has 0 aromatic carbocycles. The van der Waals surface area contributed by atoms with Gasteiger partial charge in [-0.3, -0.25) is 0 Å². The maximum atomic E-state index is 11.3. The van der Waals surface area contributed by atoms with Gasteiger partial charge in [0.05, 0.1) is 12.7 Å². The van der Waals surface area contributed by atoms with Crippen LogP contribution in [0.25, 0.3) is 0 Å². The standard InChI is InChI=1S/C10H16O3S/c1-2-12-10(11)9(7-14)13-8-5-3-4-6-8/h7-9H,2-6H2,1H3. The molecular formula is C10H16O3S. The van der Waals surface area contributed by atoms with E-state index in [9.17, 15) is 4.79 Å². The molecule has 0 radical (unpaired) electrons.